The lowest BCUT2D eigenvalue weighted by molar-refractivity contribution is 0.369. The van der Waals surface area contributed by atoms with Gasteiger partial charge in [-0.2, -0.15) is 10.1 Å². The molecule has 2 rings (SSSR count). The van der Waals surface area contributed by atoms with E-state index < -0.39 is 0 Å². The van der Waals surface area contributed by atoms with E-state index in [9.17, 15) is 4.79 Å². The third-order valence-electron chi connectivity index (χ3n) is 2.90. The predicted octanol–water partition coefficient (Wildman–Crippen LogP) is 1.92. The minimum Gasteiger partial charge on any atom is -0.339 e. The van der Waals surface area contributed by atoms with Crippen LogP contribution in [0.25, 0.3) is 0 Å². The first kappa shape index (κ1) is 14.4. The van der Waals surface area contributed by atoms with Crippen molar-refractivity contribution in [2.45, 2.75) is 52.5 Å². The van der Waals surface area contributed by atoms with Crippen LogP contribution in [0.15, 0.2) is 21.5 Å². The van der Waals surface area contributed by atoms with Gasteiger partial charge >= 0.3 is 0 Å². The van der Waals surface area contributed by atoms with E-state index in [0.29, 0.717) is 11.7 Å². The van der Waals surface area contributed by atoms with Gasteiger partial charge in [-0.3, -0.25) is 4.79 Å². The molecule has 0 bridgehead atoms. The number of aryl methyl sites for hydroxylation is 1. The van der Waals surface area contributed by atoms with Gasteiger partial charge in [-0.15, -0.1) is 0 Å². The number of aromatic nitrogens is 4. The van der Waals surface area contributed by atoms with E-state index in [-0.39, 0.29) is 17.5 Å². The monoisotopic (exact) mass is 276 g/mol. The van der Waals surface area contributed by atoms with Gasteiger partial charge in [-0.1, -0.05) is 32.9 Å². The number of hydrogen-bond donors (Lipinski definition) is 0. The number of hydrogen-bond acceptors (Lipinski definition) is 5. The highest BCUT2D eigenvalue weighted by atomic mass is 16.5. The molecule has 0 spiro atoms. The maximum absolute atomic E-state index is 11.8. The molecule has 0 atom stereocenters. The van der Waals surface area contributed by atoms with Gasteiger partial charge in [0.25, 0.3) is 5.56 Å². The van der Waals surface area contributed by atoms with Crippen LogP contribution in [-0.2, 0) is 18.4 Å². The Balaban J connectivity index is 2.25. The molecule has 0 N–H and O–H groups in total. The number of rotatable bonds is 4. The Morgan fingerprint density at radius 1 is 1.30 bits per heavy atom. The molecule has 0 saturated heterocycles. The molecule has 0 radical (unpaired) electrons. The van der Waals surface area contributed by atoms with Crippen LogP contribution >= 0.6 is 0 Å². The van der Waals surface area contributed by atoms with E-state index >= 15 is 0 Å². The largest absolute Gasteiger partial charge is 0.339 e. The van der Waals surface area contributed by atoms with Crippen molar-refractivity contribution < 1.29 is 4.52 Å². The van der Waals surface area contributed by atoms with Crippen molar-refractivity contribution in [2.24, 2.45) is 0 Å². The van der Waals surface area contributed by atoms with Gasteiger partial charge in [0, 0.05) is 17.9 Å². The van der Waals surface area contributed by atoms with Crippen LogP contribution in [0.4, 0.5) is 0 Å². The molecule has 2 heterocycles. The molecule has 0 aliphatic carbocycles. The van der Waals surface area contributed by atoms with Gasteiger partial charge in [-0.25, -0.2) is 4.68 Å². The Labute approximate surface area is 117 Å². The zero-order valence-corrected chi connectivity index (χ0v) is 12.4. The first-order chi connectivity index (χ1) is 9.40. The molecule has 6 nitrogen and oxygen atoms in total. The highest BCUT2D eigenvalue weighted by Crippen LogP contribution is 2.18. The van der Waals surface area contributed by atoms with Crippen molar-refractivity contribution in [1.82, 2.24) is 19.9 Å². The zero-order chi connectivity index (χ0) is 14.8. The second-order valence-corrected chi connectivity index (χ2v) is 5.82. The summed E-state index contributed by atoms with van der Waals surface area (Å²) in [4.78, 5) is 16.1. The lowest BCUT2D eigenvalue weighted by Gasteiger charge is -2.17. The first-order valence-electron chi connectivity index (χ1n) is 6.80. The van der Waals surface area contributed by atoms with E-state index in [2.05, 4.69) is 36.0 Å². The van der Waals surface area contributed by atoms with Crippen LogP contribution in [0.1, 0.15) is 51.5 Å². The summed E-state index contributed by atoms with van der Waals surface area (Å²) < 4.78 is 6.49. The summed E-state index contributed by atoms with van der Waals surface area (Å²) in [5, 5.41) is 8.25. The lowest BCUT2D eigenvalue weighted by atomic mass is 9.92. The van der Waals surface area contributed by atoms with Crippen LogP contribution in [0.5, 0.6) is 0 Å². The summed E-state index contributed by atoms with van der Waals surface area (Å²) in [6.45, 7) is 8.44. The van der Waals surface area contributed by atoms with Crippen LogP contribution in [-0.4, -0.2) is 19.9 Å². The SMILES string of the molecule is CCCc1nc(Cn2nc(C(C)(C)C)ccc2=O)no1. The Kier molecular flexibility index (Phi) is 4.01. The molecule has 2 aromatic heterocycles. The maximum atomic E-state index is 11.8. The quantitative estimate of drug-likeness (QED) is 0.853. The van der Waals surface area contributed by atoms with Gasteiger partial charge in [0.2, 0.25) is 5.89 Å². The summed E-state index contributed by atoms with van der Waals surface area (Å²) in [5.74, 6) is 1.08. The summed E-state index contributed by atoms with van der Waals surface area (Å²) >= 11 is 0. The van der Waals surface area contributed by atoms with Crippen molar-refractivity contribution in [3.05, 3.63) is 39.9 Å². The summed E-state index contributed by atoms with van der Waals surface area (Å²) in [6, 6.07) is 3.29. The van der Waals surface area contributed by atoms with E-state index in [1.807, 2.05) is 6.92 Å². The van der Waals surface area contributed by atoms with Crippen molar-refractivity contribution in [3.8, 4) is 0 Å². The Morgan fingerprint density at radius 3 is 2.70 bits per heavy atom. The average Bonchev–Trinajstić information content (AvgIpc) is 2.78. The molecule has 0 aliphatic heterocycles. The van der Waals surface area contributed by atoms with Crippen LogP contribution in [0, 0.1) is 0 Å². The van der Waals surface area contributed by atoms with Gasteiger partial charge in [-0.05, 0) is 12.5 Å². The van der Waals surface area contributed by atoms with Crippen molar-refractivity contribution in [1.29, 1.82) is 0 Å². The van der Waals surface area contributed by atoms with Crippen molar-refractivity contribution >= 4 is 0 Å². The normalized spacial score (nSPS) is 11.8. The fraction of sp³-hybridized carbons (Fsp3) is 0.571. The Hall–Kier alpha value is -1.98. The topological polar surface area (TPSA) is 73.8 Å². The fourth-order valence-electron chi connectivity index (χ4n) is 1.77. The van der Waals surface area contributed by atoms with E-state index in [1.165, 1.54) is 10.7 Å². The third-order valence-corrected chi connectivity index (χ3v) is 2.90. The van der Waals surface area contributed by atoms with Gasteiger partial charge < -0.3 is 4.52 Å². The molecular formula is C14H20N4O2. The summed E-state index contributed by atoms with van der Waals surface area (Å²) in [5.41, 5.74) is 0.578. The zero-order valence-electron chi connectivity index (χ0n) is 12.4. The molecular weight excluding hydrogens is 256 g/mol. The third kappa shape index (κ3) is 3.31. The average molecular weight is 276 g/mol. The van der Waals surface area contributed by atoms with Gasteiger partial charge in [0.05, 0.1) is 5.69 Å². The molecule has 108 valence electrons. The summed E-state index contributed by atoms with van der Waals surface area (Å²) in [6.07, 6.45) is 1.69. The second-order valence-electron chi connectivity index (χ2n) is 5.82. The Bertz CT molecular complexity index is 637. The van der Waals surface area contributed by atoms with Gasteiger partial charge in [0.1, 0.15) is 6.54 Å². The van der Waals surface area contributed by atoms with Crippen molar-refractivity contribution in [2.75, 3.05) is 0 Å². The van der Waals surface area contributed by atoms with Crippen LogP contribution in [0.2, 0.25) is 0 Å². The number of nitrogens with zero attached hydrogens (tertiary/aromatic N) is 4. The van der Waals surface area contributed by atoms with Crippen LogP contribution < -0.4 is 5.56 Å². The van der Waals surface area contributed by atoms with E-state index in [1.54, 1.807) is 6.07 Å². The molecule has 0 amide bonds. The first-order valence-corrected chi connectivity index (χ1v) is 6.80. The van der Waals surface area contributed by atoms with E-state index in [4.69, 9.17) is 4.52 Å². The van der Waals surface area contributed by atoms with Crippen molar-refractivity contribution in [3.63, 3.8) is 0 Å². The predicted molar refractivity (Wildman–Crippen MR) is 74.6 cm³/mol. The molecule has 2 aromatic rings. The second kappa shape index (κ2) is 5.56. The lowest BCUT2D eigenvalue weighted by Crippen LogP contribution is -2.27. The molecule has 0 saturated carbocycles. The minimum absolute atomic E-state index is 0.111. The van der Waals surface area contributed by atoms with Crippen LogP contribution in [0.3, 0.4) is 0 Å². The minimum atomic E-state index is -0.167. The summed E-state index contributed by atoms with van der Waals surface area (Å²) in [7, 11) is 0. The standard InChI is InChI=1S/C14H20N4O2/c1-5-6-12-15-11(17-20-12)9-18-13(19)8-7-10(16-18)14(2,3)4/h7-8H,5-6,9H2,1-4H3. The highest BCUT2D eigenvalue weighted by Gasteiger charge is 2.17. The molecule has 0 aliphatic rings. The molecule has 0 unspecified atom stereocenters. The van der Waals surface area contributed by atoms with Gasteiger partial charge in [0.15, 0.2) is 5.82 Å². The Morgan fingerprint density at radius 2 is 2.05 bits per heavy atom. The highest BCUT2D eigenvalue weighted by molar-refractivity contribution is 5.11. The fourth-order valence-corrected chi connectivity index (χ4v) is 1.77. The smallest absolute Gasteiger partial charge is 0.267 e. The maximum Gasteiger partial charge on any atom is 0.267 e. The molecule has 20 heavy (non-hydrogen) atoms. The van der Waals surface area contributed by atoms with E-state index in [0.717, 1.165) is 18.5 Å². The molecule has 6 heteroatoms. The molecule has 0 aromatic carbocycles. The molecule has 0 fully saturated rings.